The number of nitrogens with one attached hydrogen (secondary N) is 1. The van der Waals surface area contributed by atoms with Gasteiger partial charge in [-0.2, -0.15) is 0 Å². The Morgan fingerprint density at radius 2 is 1.97 bits per heavy atom. The number of amides is 2. The van der Waals surface area contributed by atoms with E-state index in [1.165, 1.54) is 19.3 Å². The number of allylic oxidation sites excluding steroid dienone is 1. The first-order valence-corrected chi connectivity index (χ1v) is 12.9. The van der Waals surface area contributed by atoms with Crippen LogP contribution in [-0.2, 0) is 9.59 Å². The fourth-order valence-electron chi connectivity index (χ4n) is 8.37. The predicted octanol–water partition coefficient (Wildman–Crippen LogP) is 4.29. The third-order valence-corrected chi connectivity index (χ3v) is 10.1. The highest BCUT2D eigenvalue weighted by Gasteiger charge is 2.61. The highest BCUT2D eigenvalue weighted by molar-refractivity contribution is 5.88. The van der Waals surface area contributed by atoms with Gasteiger partial charge >= 0.3 is 0 Å². The number of likely N-dealkylation sites (N-methyl/N-ethyl adjacent to an activating group) is 1. The molecule has 8 atom stereocenters. The van der Waals surface area contributed by atoms with Crippen LogP contribution in [0.1, 0.15) is 77.6 Å². The highest BCUT2D eigenvalue weighted by atomic mass is 16.2. The molecular formula is C27H40N4O2. The first-order chi connectivity index (χ1) is 15.7. The van der Waals surface area contributed by atoms with Crippen molar-refractivity contribution in [2.75, 3.05) is 14.1 Å². The summed E-state index contributed by atoms with van der Waals surface area (Å²) in [5.74, 6) is 3.10. The van der Waals surface area contributed by atoms with Crippen LogP contribution in [0, 0.1) is 34.5 Å². The lowest BCUT2D eigenvalue weighted by atomic mass is 9.48. The average Bonchev–Trinajstić information content (AvgIpc) is 3.40. The van der Waals surface area contributed by atoms with Gasteiger partial charge in [0.2, 0.25) is 11.8 Å². The van der Waals surface area contributed by atoms with Crippen molar-refractivity contribution in [2.45, 2.75) is 77.8 Å². The van der Waals surface area contributed by atoms with Crippen LogP contribution in [-0.4, -0.2) is 46.4 Å². The quantitative estimate of drug-likeness (QED) is 0.741. The van der Waals surface area contributed by atoms with E-state index >= 15 is 0 Å². The summed E-state index contributed by atoms with van der Waals surface area (Å²) in [5, 5.41) is 3.13. The van der Waals surface area contributed by atoms with E-state index in [-0.39, 0.29) is 28.6 Å². The molecule has 3 saturated carbocycles. The smallest absolute Gasteiger partial charge is 0.244 e. The van der Waals surface area contributed by atoms with Gasteiger partial charge in [-0.05, 0) is 74.2 Å². The van der Waals surface area contributed by atoms with Gasteiger partial charge in [0.15, 0.2) is 0 Å². The van der Waals surface area contributed by atoms with Gasteiger partial charge in [-0.1, -0.05) is 26.8 Å². The molecule has 2 heterocycles. The lowest BCUT2D eigenvalue weighted by Gasteiger charge is -2.59. The standard InChI is InChI=1S/C27H40N4O2/c1-6-21(25(33)30(4)5)29-24(32)20-9-8-18-17-7-10-22-27(3,19(17)11-13-26(18,20)2)14-12-23-28-15-16-31(22)23/h12,14-22H,6-11,13H2,1-5H3,(H,29,32)/t17-,18-,19-,20+,21-,22?,26-,27+/m0/s1. The second kappa shape index (κ2) is 7.99. The van der Waals surface area contributed by atoms with Crippen molar-refractivity contribution in [3.8, 4) is 0 Å². The molecule has 180 valence electrons. The summed E-state index contributed by atoms with van der Waals surface area (Å²) in [6, 6.07) is 0.0750. The third kappa shape index (κ3) is 3.30. The van der Waals surface area contributed by atoms with Crippen molar-refractivity contribution in [3.63, 3.8) is 0 Å². The molecule has 6 nitrogen and oxygen atoms in total. The maximum Gasteiger partial charge on any atom is 0.244 e. The zero-order valence-corrected chi connectivity index (χ0v) is 20.9. The van der Waals surface area contributed by atoms with Crippen molar-refractivity contribution in [1.82, 2.24) is 19.8 Å². The monoisotopic (exact) mass is 452 g/mol. The van der Waals surface area contributed by atoms with Crippen molar-refractivity contribution >= 4 is 17.9 Å². The molecule has 0 radical (unpaired) electrons. The SMILES string of the molecule is CC[C@H](NC(=O)[C@H]1CC[C@H]2[C@@H]3CCC4n5ccnc5C=C[C@]4(C)[C@H]3CC[C@]12C)C(=O)N(C)C. The molecule has 5 rings (SSSR count). The van der Waals surface area contributed by atoms with E-state index in [2.05, 4.69) is 47.1 Å². The Morgan fingerprint density at radius 3 is 2.70 bits per heavy atom. The lowest BCUT2D eigenvalue weighted by molar-refractivity contribution is -0.139. The largest absolute Gasteiger partial charge is 0.347 e. The topological polar surface area (TPSA) is 67.2 Å². The number of nitrogens with zero attached hydrogens (tertiary/aromatic N) is 3. The highest BCUT2D eigenvalue weighted by Crippen LogP contribution is 2.67. The Bertz CT molecular complexity index is 967. The minimum Gasteiger partial charge on any atom is -0.347 e. The van der Waals surface area contributed by atoms with Crippen molar-refractivity contribution in [1.29, 1.82) is 0 Å². The summed E-state index contributed by atoms with van der Waals surface area (Å²) in [4.78, 5) is 32.1. The summed E-state index contributed by atoms with van der Waals surface area (Å²) < 4.78 is 2.40. The van der Waals surface area contributed by atoms with E-state index in [9.17, 15) is 9.59 Å². The molecule has 4 aliphatic rings. The minimum atomic E-state index is -0.419. The van der Waals surface area contributed by atoms with Gasteiger partial charge in [0.1, 0.15) is 11.9 Å². The van der Waals surface area contributed by atoms with E-state index < -0.39 is 6.04 Å². The molecule has 0 saturated heterocycles. The van der Waals surface area contributed by atoms with E-state index in [0.29, 0.717) is 30.2 Å². The number of rotatable bonds is 4. The number of hydrogen-bond donors (Lipinski definition) is 1. The zero-order valence-electron chi connectivity index (χ0n) is 20.9. The van der Waals surface area contributed by atoms with Crippen molar-refractivity contribution < 1.29 is 9.59 Å². The van der Waals surface area contributed by atoms with Crippen LogP contribution in [0.3, 0.4) is 0 Å². The van der Waals surface area contributed by atoms with Crippen LogP contribution in [0.2, 0.25) is 0 Å². The summed E-state index contributed by atoms with van der Waals surface area (Å²) in [6.07, 6.45) is 16.2. The lowest BCUT2D eigenvalue weighted by Crippen LogP contribution is -2.54. The molecule has 1 unspecified atom stereocenters. The molecule has 1 aromatic rings. The number of carbonyl (C=O) groups excluding carboxylic acids is 2. The van der Waals surface area contributed by atoms with Crippen LogP contribution < -0.4 is 5.32 Å². The van der Waals surface area contributed by atoms with Gasteiger partial charge in [-0.25, -0.2) is 4.98 Å². The Morgan fingerprint density at radius 1 is 1.18 bits per heavy atom. The second-order valence-electron chi connectivity index (χ2n) is 11.7. The Balaban J connectivity index is 1.35. The van der Waals surface area contributed by atoms with Gasteiger partial charge in [-0.15, -0.1) is 0 Å². The molecule has 0 bridgehead atoms. The molecule has 6 heteroatoms. The van der Waals surface area contributed by atoms with Crippen LogP contribution >= 0.6 is 0 Å². The Hall–Kier alpha value is -2.11. The first-order valence-electron chi connectivity index (χ1n) is 12.9. The molecule has 1 N–H and O–H groups in total. The van der Waals surface area contributed by atoms with Gasteiger partial charge in [0.25, 0.3) is 0 Å². The van der Waals surface area contributed by atoms with Crippen molar-refractivity contribution in [2.24, 2.45) is 34.5 Å². The second-order valence-corrected chi connectivity index (χ2v) is 11.7. The molecule has 33 heavy (non-hydrogen) atoms. The molecule has 2 amide bonds. The normalized spacial score (nSPS) is 39.6. The number of imidazole rings is 1. The number of aromatic nitrogens is 2. The van der Waals surface area contributed by atoms with Crippen LogP contribution in [0.5, 0.6) is 0 Å². The molecule has 0 spiro atoms. The van der Waals surface area contributed by atoms with Gasteiger partial charge in [0.05, 0.1) is 0 Å². The Labute approximate surface area is 198 Å². The van der Waals surface area contributed by atoms with E-state index in [0.717, 1.165) is 25.1 Å². The fourth-order valence-corrected chi connectivity index (χ4v) is 8.37. The van der Waals surface area contributed by atoms with Crippen LogP contribution in [0.15, 0.2) is 18.5 Å². The van der Waals surface area contributed by atoms with E-state index in [1.54, 1.807) is 19.0 Å². The fraction of sp³-hybridized carbons (Fsp3) is 0.741. The molecule has 1 aromatic heterocycles. The van der Waals surface area contributed by atoms with Crippen LogP contribution in [0.4, 0.5) is 0 Å². The third-order valence-electron chi connectivity index (χ3n) is 10.1. The molecule has 3 aliphatic carbocycles. The molecule has 1 aliphatic heterocycles. The van der Waals surface area contributed by atoms with Gasteiger partial charge < -0.3 is 14.8 Å². The number of fused-ring (bicyclic) bond motifs is 7. The molecule has 3 fully saturated rings. The van der Waals surface area contributed by atoms with Crippen molar-refractivity contribution in [3.05, 3.63) is 24.3 Å². The van der Waals surface area contributed by atoms with Crippen LogP contribution in [0.25, 0.3) is 6.08 Å². The van der Waals surface area contributed by atoms with E-state index in [1.807, 2.05) is 13.1 Å². The maximum absolute atomic E-state index is 13.5. The average molecular weight is 453 g/mol. The van der Waals surface area contributed by atoms with Gasteiger partial charge in [-0.3, -0.25) is 9.59 Å². The summed E-state index contributed by atoms with van der Waals surface area (Å²) in [5.41, 5.74) is 0.191. The summed E-state index contributed by atoms with van der Waals surface area (Å²) in [6.45, 7) is 6.81. The minimum absolute atomic E-state index is 0.0107. The first kappa shape index (κ1) is 22.7. The van der Waals surface area contributed by atoms with E-state index in [4.69, 9.17) is 0 Å². The molecule has 0 aromatic carbocycles. The summed E-state index contributed by atoms with van der Waals surface area (Å²) in [7, 11) is 3.52. The number of carbonyl (C=O) groups is 2. The van der Waals surface area contributed by atoms with Gasteiger partial charge in [0, 0.05) is 43.9 Å². The number of hydrogen-bond acceptors (Lipinski definition) is 3. The molecular weight excluding hydrogens is 412 g/mol. The zero-order chi connectivity index (χ0) is 23.5. The Kier molecular flexibility index (Phi) is 5.49. The predicted molar refractivity (Wildman–Crippen MR) is 129 cm³/mol. The maximum atomic E-state index is 13.5. The summed E-state index contributed by atoms with van der Waals surface area (Å²) >= 11 is 0.